The third kappa shape index (κ3) is 3.64. The minimum atomic E-state index is -0.255. The third-order valence-electron chi connectivity index (χ3n) is 4.93. The number of amides is 1. The molecule has 4 rings (SSSR count). The highest BCUT2D eigenvalue weighted by Gasteiger charge is 2.27. The van der Waals surface area contributed by atoms with Gasteiger partial charge in [0.2, 0.25) is 0 Å². The van der Waals surface area contributed by atoms with Gasteiger partial charge < -0.3 is 19.1 Å². The van der Waals surface area contributed by atoms with Crippen molar-refractivity contribution in [2.24, 2.45) is 0 Å². The van der Waals surface area contributed by atoms with Crippen LogP contribution in [0.25, 0.3) is 10.8 Å². The number of hydrogen-bond acceptors (Lipinski definition) is 5. The molecule has 1 atom stereocenters. The van der Waals surface area contributed by atoms with Crippen LogP contribution in [0.2, 0.25) is 0 Å². The summed E-state index contributed by atoms with van der Waals surface area (Å²) in [7, 11) is 3.14. The summed E-state index contributed by atoms with van der Waals surface area (Å²) in [5.74, 6) is 1.10. The van der Waals surface area contributed by atoms with Gasteiger partial charge in [-0.1, -0.05) is 24.3 Å². The van der Waals surface area contributed by atoms with E-state index in [1.54, 1.807) is 37.3 Å². The van der Waals surface area contributed by atoms with E-state index < -0.39 is 0 Å². The Kier molecular flexibility index (Phi) is 5.12. The Bertz CT molecular complexity index is 982. The number of ether oxygens (including phenoxy) is 3. The molecule has 2 heterocycles. The summed E-state index contributed by atoms with van der Waals surface area (Å²) in [6.07, 6.45) is 1.59. The summed E-state index contributed by atoms with van der Waals surface area (Å²) in [5.41, 5.74) is 1.36. The van der Waals surface area contributed by atoms with Crippen molar-refractivity contribution in [3.63, 3.8) is 0 Å². The Morgan fingerprint density at radius 3 is 2.50 bits per heavy atom. The molecule has 1 aromatic heterocycles. The van der Waals surface area contributed by atoms with E-state index in [4.69, 9.17) is 14.2 Å². The molecule has 0 radical (unpaired) electrons. The van der Waals surface area contributed by atoms with E-state index in [0.29, 0.717) is 36.8 Å². The van der Waals surface area contributed by atoms with Gasteiger partial charge in [-0.05, 0) is 23.6 Å². The molecule has 2 aromatic carbocycles. The maximum Gasteiger partial charge on any atom is 0.254 e. The Morgan fingerprint density at radius 2 is 1.79 bits per heavy atom. The lowest BCUT2D eigenvalue weighted by Crippen LogP contribution is -2.42. The van der Waals surface area contributed by atoms with Crippen molar-refractivity contribution in [2.45, 2.75) is 6.10 Å². The number of benzene rings is 2. The minimum absolute atomic E-state index is 0.0775. The molecule has 0 saturated carbocycles. The number of pyridine rings is 1. The third-order valence-corrected chi connectivity index (χ3v) is 4.93. The van der Waals surface area contributed by atoms with Gasteiger partial charge in [-0.25, -0.2) is 0 Å². The molecular weight excluding hydrogens is 356 g/mol. The lowest BCUT2D eigenvalue weighted by molar-refractivity contribution is -0.0246. The predicted molar refractivity (Wildman–Crippen MR) is 106 cm³/mol. The van der Waals surface area contributed by atoms with E-state index in [-0.39, 0.29) is 12.0 Å². The fourth-order valence-corrected chi connectivity index (χ4v) is 3.40. The van der Waals surface area contributed by atoms with Crippen molar-refractivity contribution in [3.8, 4) is 11.5 Å². The molecule has 0 N–H and O–H groups in total. The zero-order valence-corrected chi connectivity index (χ0v) is 15.9. The van der Waals surface area contributed by atoms with Gasteiger partial charge in [0.05, 0.1) is 33.1 Å². The van der Waals surface area contributed by atoms with Crippen LogP contribution in [0.1, 0.15) is 22.2 Å². The molecule has 0 bridgehead atoms. The molecule has 1 aliphatic heterocycles. The number of carbonyl (C=O) groups is 1. The molecule has 6 heteroatoms. The fraction of sp³-hybridized carbons (Fsp3) is 0.273. The number of morpholine rings is 1. The van der Waals surface area contributed by atoms with E-state index in [1.807, 2.05) is 30.5 Å². The van der Waals surface area contributed by atoms with Crippen molar-refractivity contribution in [3.05, 3.63) is 66.0 Å². The standard InChI is InChI=1S/C22H22N2O4/c1-26-18-9-17(10-19(12-18)27-2)22(25)24-7-8-28-21(14-24)20-11-15-5-3-4-6-16(15)13-23-20/h3-6,9-13,21H,7-8,14H2,1-2H3/t21-/m0/s1. The number of rotatable bonds is 4. The smallest absolute Gasteiger partial charge is 0.254 e. The first-order chi connectivity index (χ1) is 13.7. The predicted octanol–water partition coefficient (Wildman–Crippen LogP) is 3.47. The van der Waals surface area contributed by atoms with Crippen molar-refractivity contribution in [2.75, 3.05) is 33.9 Å². The van der Waals surface area contributed by atoms with Crippen LogP contribution in [0.4, 0.5) is 0 Å². The molecule has 6 nitrogen and oxygen atoms in total. The van der Waals surface area contributed by atoms with Crippen LogP contribution in [-0.2, 0) is 4.74 Å². The highest BCUT2D eigenvalue weighted by Crippen LogP contribution is 2.27. The fourth-order valence-electron chi connectivity index (χ4n) is 3.40. The van der Waals surface area contributed by atoms with Gasteiger partial charge >= 0.3 is 0 Å². The first-order valence-corrected chi connectivity index (χ1v) is 9.16. The van der Waals surface area contributed by atoms with Crippen molar-refractivity contribution in [1.82, 2.24) is 9.88 Å². The second-order valence-electron chi connectivity index (χ2n) is 6.67. The zero-order chi connectivity index (χ0) is 19.5. The van der Waals surface area contributed by atoms with Gasteiger partial charge in [0.25, 0.3) is 5.91 Å². The topological polar surface area (TPSA) is 60.9 Å². The van der Waals surface area contributed by atoms with Gasteiger partial charge in [0.1, 0.15) is 17.6 Å². The maximum absolute atomic E-state index is 13.1. The summed E-state index contributed by atoms with van der Waals surface area (Å²) in [5, 5.41) is 2.19. The lowest BCUT2D eigenvalue weighted by Gasteiger charge is -2.33. The van der Waals surface area contributed by atoms with E-state index >= 15 is 0 Å². The average Bonchev–Trinajstić information content (AvgIpc) is 2.77. The van der Waals surface area contributed by atoms with Crippen LogP contribution >= 0.6 is 0 Å². The highest BCUT2D eigenvalue weighted by molar-refractivity contribution is 5.95. The van der Waals surface area contributed by atoms with Gasteiger partial charge in [0, 0.05) is 29.8 Å². The van der Waals surface area contributed by atoms with Crippen LogP contribution in [0.15, 0.2) is 54.7 Å². The van der Waals surface area contributed by atoms with Crippen LogP contribution in [0.3, 0.4) is 0 Å². The molecule has 144 valence electrons. The zero-order valence-electron chi connectivity index (χ0n) is 15.9. The van der Waals surface area contributed by atoms with Gasteiger partial charge in [-0.2, -0.15) is 0 Å². The number of hydrogen-bond donors (Lipinski definition) is 0. The summed E-state index contributed by atoms with van der Waals surface area (Å²) in [4.78, 5) is 19.4. The number of fused-ring (bicyclic) bond motifs is 1. The van der Waals surface area contributed by atoms with Gasteiger partial charge in [-0.15, -0.1) is 0 Å². The van der Waals surface area contributed by atoms with Crippen LogP contribution in [0, 0.1) is 0 Å². The van der Waals surface area contributed by atoms with Crippen LogP contribution in [-0.4, -0.2) is 49.7 Å². The SMILES string of the molecule is COc1cc(OC)cc(C(=O)N2CCO[C@H](c3cc4ccccc4cn3)C2)c1. The van der Waals surface area contributed by atoms with Gasteiger partial charge in [0.15, 0.2) is 0 Å². The molecule has 1 aliphatic rings. The summed E-state index contributed by atoms with van der Waals surface area (Å²) < 4.78 is 16.5. The normalized spacial score (nSPS) is 16.8. The van der Waals surface area contributed by atoms with Gasteiger partial charge in [-0.3, -0.25) is 9.78 Å². The largest absolute Gasteiger partial charge is 0.497 e. The Labute approximate surface area is 163 Å². The average molecular weight is 378 g/mol. The molecule has 3 aromatic rings. The first kappa shape index (κ1) is 18.3. The molecule has 1 fully saturated rings. The maximum atomic E-state index is 13.1. The molecule has 0 aliphatic carbocycles. The minimum Gasteiger partial charge on any atom is -0.497 e. The number of aromatic nitrogens is 1. The van der Waals surface area contributed by atoms with E-state index in [0.717, 1.165) is 16.5 Å². The van der Waals surface area contributed by atoms with E-state index in [1.165, 1.54) is 0 Å². The quantitative estimate of drug-likeness (QED) is 0.696. The van der Waals surface area contributed by atoms with Crippen molar-refractivity contribution in [1.29, 1.82) is 0 Å². The Balaban J connectivity index is 1.57. The number of nitrogens with zero attached hydrogens (tertiary/aromatic N) is 2. The van der Waals surface area contributed by atoms with Crippen LogP contribution < -0.4 is 9.47 Å². The summed E-state index contributed by atoms with van der Waals surface area (Å²) in [6.45, 7) is 1.44. The molecule has 1 saturated heterocycles. The molecule has 28 heavy (non-hydrogen) atoms. The van der Waals surface area contributed by atoms with Crippen molar-refractivity contribution < 1.29 is 19.0 Å². The van der Waals surface area contributed by atoms with Crippen molar-refractivity contribution >= 4 is 16.7 Å². The highest BCUT2D eigenvalue weighted by atomic mass is 16.5. The lowest BCUT2D eigenvalue weighted by atomic mass is 10.1. The molecule has 0 unspecified atom stereocenters. The Hall–Kier alpha value is -3.12. The van der Waals surface area contributed by atoms with E-state index in [2.05, 4.69) is 11.1 Å². The second kappa shape index (κ2) is 7.86. The monoisotopic (exact) mass is 378 g/mol. The molecule has 1 amide bonds. The van der Waals surface area contributed by atoms with Crippen LogP contribution in [0.5, 0.6) is 11.5 Å². The Morgan fingerprint density at radius 1 is 1.07 bits per heavy atom. The molecule has 0 spiro atoms. The first-order valence-electron chi connectivity index (χ1n) is 9.16. The molecular formula is C22H22N2O4. The summed E-state index contributed by atoms with van der Waals surface area (Å²) >= 11 is 0. The second-order valence-corrected chi connectivity index (χ2v) is 6.67. The summed E-state index contributed by atoms with van der Waals surface area (Å²) in [6, 6.07) is 15.3. The van der Waals surface area contributed by atoms with E-state index in [9.17, 15) is 4.79 Å². The number of carbonyl (C=O) groups excluding carboxylic acids is 1. The number of methoxy groups -OCH3 is 2.